The molecule has 2 rings (SSSR count). The maximum absolute atomic E-state index is 13.7. The lowest BCUT2D eigenvalue weighted by Crippen LogP contribution is -2.17. The van der Waals surface area contributed by atoms with Gasteiger partial charge in [0.15, 0.2) is 11.6 Å². The van der Waals surface area contributed by atoms with E-state index in [9.17, 15) is 8.78 Å². The van der Waals surface area contributed by atoms with E-state index in [0.29, 0.717) is 11.5 Å². The smallest absolute Gasteiger partial charge is 0.162 e. The Labute approximate surface area is 101 Å². The van der Waals surface area contributed by atoms with Gasteiger partial charge in [0.1, 0.15) is 0 Å². The molecule has 0 heterocycles. The van der Waals surface area contributed by atoms with Crippen LogP contribution in [0.3, 0.4) is 0 Å². The van der Waals surface area contributed by atoms with E-state index >= 15 is 0 Å². The molecule has 2 atom stereocenters. The van der Waals surface area contributed by atoms with E-state index < -0.39 is 11.6 Å². The van der Waals surface area contributed by atoms with Crippen molar-refractivity contribution < 1.29 is 8.78 Å². The Balaban J connectivity index is 2.21. The average Bonchev–Trinajstić information content (AvgIpc) is 2.81. The molecule has 1 aromatic carbocycles. The second-order valence-electron chi connectivity index (χ2n) is 5.36. The number of halogens is 2. The quantitative estimate of drug-likeness (QED) is 0.850. The van der Waals surface area contributed by atoms with Gasteiger partial charge in [0.2, 0.25) is 0 Å². The topological polar surface area (TPSA) is 12.0 Å². The summed E-state index contributed by atoms with van der Waals surface area (Å²) in [7, 11) is 0. The van der Waals surface area contributed by atoms with Gasteiger partial charge < -0.3 is 5.32 Å². The van der Waals surface area contributed by atoms with Gasteiger partial charge in [0.25, 0.3) is 0 Å². The molecule has 3 heteroatoms. The first-order valence-corrected chi connectivity index (χ1v) is 6.14. The van der Waals surface area contributed by atoms with E-state index in [1.54, 1.807) is 12.1 Å². The molecular formula is C14H19F2N. The highest BCUT2D eigenvalue weighted by molar-refractivity contribution is 5.33. The van der Waals surface area contributed by atoms with Gasteiger partial charge >= 0.3 is 0 Å². The lowest BCUT2D eigenvalue weighted by molar-refractivity contribution is 0.492. The number of hydrogen-bond donors (Lipinski definition) is 1. The molecule has 0 bridgehead atoms. The summed E-state index contributed by atoms with van der Waals surface area (Å²) in [6.07, 6.45) is 0. The molecular weight excluding hydrogens is 220 g/mol. The number of hydrogen-bond acceptors (Lipinski definition) is 1. The Bertz CT molecular complexity index is 415. The van der Waals surface area contributed by atoms with E-state index in [1.807, 2.05) is 6.92 Å². The van der Waals surface area contributed by atoms with Crippen molar-refractivity contribution in [3.63, 3.8) is 0 Å². The van der Waals surface area contributed by atoms with E-state index in [1.165, 1.54) is 6.07 Å². The monoisotopic (exact) mass is 239 g/mol. The van der Waals surface area contributed by atoms with Gasteiger partial charge in [-0.3, -0.25) is 0 Å². The molecule has 1 aliphatic rings. The largest absolute Gasteiger partial charge is 0.317 e. The molecule has 1 nitrogen and oxygen atoms in total. The molecule has 1 fully saturated rings. The van der Waals surface area contributed by atoms with Gasteiger partial charge in [-0.2, -0.15) is 0 Å². The highest BCUT2D eigenvalue weighted by Crippen LogP contribution is 2.64. The number of benzene rings is 1. The summed E-state index contributed by atoms with van der Waals surface area (Å²) in [5, 5.41) is 3.28. The van der Waals surface area contributed by atoms with Crippen LogP contribution in [-0.4, -0.2) is 13.1 Å². The third kappa shape index (κ3) is 2.08. The van der Waals surface area contributed by atoms with Crippen molar-refractivity contribution in [2.24, 2.45) is 11.3 Å². The zero-order valence-electron chi connectivity index (χ0n) is 10.6. The summed E-state index contributed by atoms with van der Waals surface area (Å²) in [6, 6.07) is 4.47. The lowest BCUT2D eigenvalue weighted by atomic mass is 10.0. The Morgan fingerprint density at radius 2 is 2.00 bits per heavy atom. The normalized spacial score (nSPS) is 25.9. The summed E-state index contributed by atoms with van der Waals surface area (Å²) in [5.41, 5.74) is 0.578. The third-order valence-corrected chi connectivity index (χ3v) is 3.98. The van der Waals surface area contributed by atoms with Gasteiger partial charge in [0.05, 0.1) is 0 Å². The summed E-state index contributed by atoms with van der Waals surface area (Å²) in [4.78, 5) is 0. The number of rotatable bonds is 4. The molecule has 0 radical (unpaired) electrons. The van der Waals surface area contributed by atoms with Crippen LogP contribution in [0.1, 0.15) is 32.3 Å². The molecule has 1 saturated carbocycles. The van der Waals surface area contributed by atoms with Gasteiger partial charge in [-0.1, -0.05) is 32.9 Å². The molecule has 1 aliphatic carbocycles. The van der Waals surface area contributed by atoms with Crippen molar-refractivity contribution in [1.29, 1.82) is 0 Å². The fourth-order valence-electron chi connectivity index (χ4n) is 2.80. The van der Waals surface area contributed by atoms with Crippen molar-refractivity contribution >= 4 is 0 Å². The van der Waals surface area contributed by atoms with E-state index in [4.69, 9.17) is 0 Å². The molecule has 0 aromatic heterocycles. The van der Waals surface area contributed by atoms with Gasteiger partial charge in [-0.25, -0.2) is 8.78 Å². The van der Waals surface area contributed by atoms with Crippen molar-refractivity contribution in [3.05, 3.63) is 35.4 Å². The standard InChI is InChI=1S/C14H19F2N/c1-4-17-8-10-12(14(10,2)3)9-6-5-7-11(15)13(9)16/h5-7,10,12,17H,4,8H2,1-3H3. The van der Waals surface area contributed by atoms with Crippen LogP contribution in [0.5, 0.6) is 0 Å². The SMILES string of the molecule is CCNCC1C(c2cccc(F)c2F)C1(C)C. The Morgan fingerprint density at radius 3 is 2.65 bits per heavy atom. The zero-order chi connectivity index (χ0) is 12.6. The maximum atomic E-state index is 13.7. The van der Waals surface area contributed by atoms with Crippen molar-refractivity contribution in [2.45, 2.75) is 26.7 Å². The van der Waals surface area contributed by atoms with E-state index in [-0.39, 0.29) is 11.3 Å². The molecule has 0 amide bonds. The van der Waals surface area contributed by atoms with Crippen LogP contribution in [0.4, 0.5) is 8.78 Å². The lowest BCUT2D eigenvalue weighted by Gasteiger charge is -2.04. The predicted molar refractivity (Wildman–Crippen MR) is 64.9 cm³/mol. The maximum Gasteiger partial charge on any atom is 0.162 e. The van der Waals surface area contributed by atoms with Gasteiger partial charge in [-0.15, -0.1) is 0 Å². The van der Waals surface area contributed by atoms with Crippen LogP contribution in [0, 0.1) is 23.0 Å². The second kappa shape index (κ2) is 4.37. The fraction of sp³-hybridized carbons (Fsp3) is 0.571. The minimum atomic E-state index is -0.743. The van der Waals surface area contributed by atoms with Crippen molar-refractivity contribution in [2.75, 3.05) is 13.1 Å². The fourth-order valence-corrected chi connectivity index (χ4v) is 2.80. The second-order valence-corrected chi connectivity index (χ2v) is 5.36. The van der Waals surface area contributed by atoms with Crippen molar-refractivity contribution in [3.8, 4) is 0 Å². The van der Waals surface area contributed by atoms with Crippen LogP contribution in [-0.2, 0) is 0 Å². The zero-order valence-corrected chi connectivity index (χ0v) is 10.6. The molecule has 94 valence electrons. The molecule has 0 spiro atoms. The summed E-state index contributed by atoms with van der Waals surface area (Å²) < 4.78 is 26.9. The first kappa shape index (κ1) is 12.5. The number of nitrogens with one attached hydrogen (secondary N) is 1. The first-order valence-electron chi connectivity index (χ1n) is 6.14. The van der Waals surface area contributed by atoms with Gasteiger partial charge in [0, 0.05) is 0 Å². The molecule has 0 saturated heterocycles. The predicted octanol–water partition coefficient (Wildman–Crippen LogP) is 3.31. The van der Waals surface area contributed by atoms with Crippen LogP contribution >= 0.6 is 0 Å². The Morgan fingerprint density at radius 1 is 1.29 bits per heavy atom. The van der Waals surface area contributed by atoms with E-state index in [0.717, 1.165) is 13.1 Å². The highest BCUT2D eigenvalue weighted by atomic mass is 19.2. The minimum absolute atomic E-state index is 0.0524. The summed E-state index contributed by atoms with van der Waals surface area (Å²) in [5.74, 6) is -0.909. The molecule has 0 aliphatic heterocycles. The van der Waals surface area contributed by atoms with Crippen LogP contribution in [0.2, 0.25) is 0 Å². The Kier molecular flexibility index (Phi) is 3.21. The summed E-state index contributed by atoms with van der Waals surface area (Å²) in [6.45, 7) is 8.05. The average molecular weight is 239 g/mol. The van der Waals surface area contributed by atoms with Crippen LogP contribution < -0.4 is 5.32 Å². The third-order valence-electron chi connectivity index (χ3n) is 3.98. The Hall–Kier alpha value is -0.960. The highest BCUT2D eigenvalue weighted by Gasteiger charge is 2.58. The first-order chi connectivity index (χ1) is 8.00. The van der Waals surface area contributed by atoms with E-state index in [2.05, 4.69) is 19.2 Å². The van der Waals surface area contributed by atoms with Crippen LogP contribution in [0.25, 0.3) is 0 Å². The van der Waals surface area contributed by atoms with Crippen molar-refractivity contribution in [1.82, 2.24) is 5.32 Å². The van der Waals surface area contributed by atoms with Crippen LogP contribution in [0.15, 0.2) is 18.2 Å². The minimum Gasteiger partial charge on any atom is -0.317 e. The molecule has 1 aromatic rings. The van der Waals surface area contributed by atoms with Gasteiger partial charge in [-0.05, 0) is 42.0 Å². The summed E-state index contributed by atoms with van der Waals surface area (Å²) >= 11 is 0. The molecule has 2 unspecified atom stereocenters. The molecule has 1 N–H and O–H groups in total. The molecule has 17 heavy (non-hydrogen) atoms.